The third kappa shape index (κ3) is 1.30. The van der Waals surface area contributed by atoms with Crippen LogP contribution in [0.15, 0.2) is 35.8 Å². The Kier molecular flexibility index (Phi) is 1.69. The molecule has 0 bridgehead atoms. The van der Waals surface area contributed by atoms with Crippen molar-refractivity contribution in [1.29, 1.82) is 0 Å². The molecule has 2 aromatic rings. The molecule has 2 heteroatoms. The Morgan fingerprint density at radius 1 is 1.27 bits per heavy atom. The van der Waals surface area contributed by atoms with E-state index in [4.69, 9.17) is 0 Å². The van der Waals surface area contributed by atoms with E-state index in [0.717, 1.165) is 5.56 Å². The minimum atomic E-state index is 1.07. The lowest BCUT2D eigenvalue weighted by Gasteiger charge is -1.91. The third-order valence-corrected chi connectivity index (χ3v) is 2.30. The highest BCUT2D eigenvalue weighted by Crippen LogP contribution is 2.22. The topological polar surface area (TPSA) is 12.9 Å². The summed E-state index contributed by atoms with van der Waals surface area (Å²) in [7, 11) is 0. The normalized spacial score (nSPS) is 9.82. The summed E-state index contributed by atoms with van der Waals surface area (Å²) in [6.45, 7) is 0. The summed E-state index contributed by atoms with van der Waals surface area (Å²) in [5, 5.41) is 2.05. The Hall–Kier alpha value is -1.15. The van der Waals surface area contributed by atoms with E-state index < -0.39 is 0 Å². The van der Waals surface area contributed by atoms with E-state index in [9.17, 15) is 0 Å². The standard InChI is InChI=1S/C9H6NS/c1-3-8(7-10-5-1)9-4-2-6-11-9/h1-6H. The first-order valence-corrected chi connectivity index (χ1v) is 4.21. The lowest BCUT2D eigenvalue weighted by Crippen LogP contribution is -1.73. The summed E-state index contributed by atoms with van der Waals surface area (Å²) in [4.78, 5) is 5.14. The van der Waals surface area contributed by atoms with Gasteiger partial charge in [-0.3, -0.25) is 4.98 Å². The second-order valence-corrected chi connectivity index (χ2v) is 3.09. The first-order valence-electron chi connectivity index (χ1n) is 3.33. The molecule has 0 saturated carbocycles. The molecule has 53 valence electrons. The predicted molar refractivity (Wildman–Crippen MR) is 46.4 cm³/mol. The molecule has 1 nitrogen and oxygen atoms in total. The molecule has 0 aliphatic heterocycles. The molecule has 0 atom stereocenters. The van der Waals surface area contributed by atoms with E-state index in [1.54, 1.807) is 17.5 Å². The van der Waals surface area contributed by atoms with Gasteiger partial charge in [0.05, 0.1) is 6.20 Å². The zero-order valence-corrected chi connectivity index (χ0v) is 6.64. The SMILES string of the molecule is [c]1ncccc1-c1cccs1. The summed E-state index contributed by atoms with van der Waals surface area (Å²) in [5.41, 5.74) is 1.07. The summed E-state index contributed by atoms with van der Waals surface area (Å²) < 4.78 is 0. The van der Waals surface area contributed by atoms with Gasteiger partial charge in [0.15, 0.2) is 0 Å². The van der Waals surface area contributed by atoms with Gasteiger partial charge in [-0.1, -0.05) is 6.07 Å². The van der Waals surface area contributed by atoms with Crippen LogP contribution < -0.4 is 0 Å². The minimum Gasteiger partial charge on any atom is -0.254 e. The molecule has 0 saturated heterocycles. The van der Waals surface area contributed by atoms with E-state index in [0.29, 0.717) is 0 Å². The van der Waals surface area contributed by atoms with Crippen molar-refractivity contribution in [2.24, 2.45) is 0 Å². The predicted octanol–water partition coefficient (Wildman–Crippen LogP) is 2.61. The molecule has 0 fully saturated rings. The van der Waals surface area contributed by atoms with Crippen LogP contribution >= 0.6 is 11.3 Å². The number of hydrogen-bond acceptors (Lipinski definition) is 2. The minimum absolute atomic E-state index is 1.07. The molecule has 1 radical (unpaired) electrons. The molecule has 0 aromatic carbocycles. The second-order valence-electron chi connectivity index (χ2n) is 2.14. The molecule has 0 spiro atoms. The van der Waals surface area contributed by atoms with Crippen molar-refractivity contribution in [2.45, 2.75) is 0 Å². The van der Waals surface area contributed by atoms with Gasteiger partial charge in [0.2, 0.25) is 0 Å². The quantitative estimate of drug-likeness (QED) is 0.625. The van der Waals surface area contributed by atoms with Gasteiger partial charge in [0.25, 0.3) is 0 Å². The first-order chi connectivity index (χ1) is 5.47. The smallest absolute Gasteiger partial charge is 0.0979 e. The Morgan fingerprint density at radius 3 is 2.91 bits per heavy atom. The van der Waals surface area contributed by atoms with Crippen molar-refractivity contribution in [2.75, 3.05) is 0 Å². The third-order valence-electron chi connectivity index (χ3n) is 1.40. The van der Waals surface area contributed by atoms with Gasteiger partial charge in [-0.2, -0.15) is 0 Å². The van der Waals surface area contributed by atoms with E-state index >= 15 is 0 Å². The van der Waals surface area contributed by atoms with Crippen molar-refractivity contribution in [3.05, 3.63) is 42.0 Å². The van der Waals surface area contributed by atoms with Crippen LogP contribution in [0.25, 0.3) is 10.4 Å². The van der Waals surface area contributed by atoms with Crippen molar-refractivity contribution in [1.82, 2.24) is 4.98 Å². The molecular weight excluding hydrogens is 154 g/mol. The number of nitrogens with zero attached hydrogens (tertiary/aromatic N) is 1. The Balaban J connectivity index is 2.46. The van der Waals surface area contributed by atoms with Gasteiger partial charge in [-0.05, 0) is 23.6 Å². The highest BCUT2D eigenvalue weighted by atomic mass is 32.1. The molecule has 0 unspecified atom stereocenters. The van der Waals surface area contributed by atoms with Crippen LogP contribution in [0.1, 0.15) is 0 Å². The zero-order chi connectivity index (χ0) is 7.52. The maximum absolute atomic E-state index is 3.92. The average molecular weight is 160 g/mol. The summed E-state index contributed by atoms with van der Waals surface area (Å²) >= 11 is 1.70. The second kappa shape index (κ2) is 2.84. The highest BCUT2D eigenvalue weighted by Gasteiger charge is 1.95. The van der Waals surface area contributed by atoms with Crippen LogP contribution in [0.3, 0.4) is 0 Å². The molecule has 11 heavy (non-hydrogen) atoms. The van der Waals surface area contributed by atoms with Gasteiger partial charge in [-0.15, -0.1) is 11.3 Å². The molecule has 2 rings (SSSR count). The fourth-order valence-electron chi connectivity index (χ4n) is 0.895. The number of aromatic nitrogens is 1. The van der Waals surface area contributed by atoms with Gasteiger partial charge in [0.1, 0.15) is 0 Å². The van der Waals surface area contributed by atoms with Gasteiger partial charge < -0.3 is 0 Å². The van der Waals surface area contributed by atoms with Crippen LogP contribution in [0.4, 0.5) is 0 Å². The maximum Gasteiger partial charge on any atom is 0.0979 e. The molecule has 0 aliphatic carbocycles. The fourth-order valence-corrected chi connectivity index (χ4v) is 1.60. The number of rotatable bonds is 1. The van der Waals surface area contributed by atoms with Crippen LogP contribution in [0.2, 0.25) is 0 Å². The monoisotopic (exact) mass is 160 g/mol. The lowest BCUT2D eigenvalue weighted by molar-refractivity contribution is 1.32. The summed E-state index contributed by atoms with van der Waals surface area (Å²) in [6, 6.07) is 8.03. The number of hydrogen-bond donors (Lipinski definition) is 0. The Labute approximate surface area is 69.3 Å². The van der Waals surface area contributed by atoms with Crippen LogP contribution in [0.5, 0.6) is 0 Å². The molecule has 0 N–H and O–H groups in total. The molecule has 2 aromatic heterocycles. The zero-order valence-electron chi connectivity index (χ0n) is 5.82. The summed E-state index contributed by atoms with van der Waals surface area (Å²) in [6.07, 6.45) is 4.66. The van der Waals surface area contributed by atoms with Crippen LogP contribution in [-0.4, -0.2) is 4.98 Å². The molecule has 0 aliphatic rings. The molecule has 2 heterocycles. The van der Waals surface area contributed by atoms with Crippen LogP contribution in [-0.2, 0) is 0 Å². The van der Waals surface area contributed by atoms with E-state index in [1.165, 1.54) is 4.88 Å². The molecule has 0 amide bonds. The van der Waals surface area contributed by atoms with Crippen molar-refractivity contribution < 1.29 is 0 Å². The van der Waals surface area contributed by atoms with E-state index in [2.05, 4.69) is 22.6 Å². The Bertz CT molecular complexity index is 313. The maximum atomic E-state index is 3.92. The van der Waals surface area contributed by atoms with Gasteiger partial charge >= 0.3 is 0 Å². The van der Waals surface area contributed by atoms with E-state index in [1.807, 2.05) is 18.2 Å². The average Bonchev–Trinajstić information content (AvgIpc) is 2.58. The number of pyridine rings is 1. The summed E-state index contributed by atoms with van der Waals surface area (Å²) in [5.74, 6) is 0. The lowest BCUT2D eigenvalue weighted by atomic mass is 10.2. The van der Waals surface area contributed by atoms with Crippen LogP contribution in [0, 0.1) is 6.20 Å². The highest BCUT2D eigenvalue weighted by molar-refractivity contribution is 7.13. The van der Waals surface area contributed by atoms with Crippen molar-refractivity contribution >= 4 is 11.3 Å². The fraction of sp³-hybridized carbons (Fsp3) is 0. The van der Waals surface area contributed by atoms with Crippen molar-refractivity contribution in [3.8, 4) is 10.4 Å². The van der Waals surface area contributed by atoms with E-state index in [-0.39, 0.29) is 0 Å². The number of thiophene rings is 1. The Morgan fingerprint density at radius 2 is 2.27 bits per heavy atom. The largest absolute Gasteiger partial charge is 0.254 e. The first kappa shape index (κ1) is 6.55. The molecular formula is C9H6NS. The van der Waals surface area contributed by atoms with Crippen molar-refractivity contribution in [3.63, 3.8) is 0 Å². The van der Waals surface area contributed by atoms with Gasteiger partial charge in [-0.25, -0.2) is 0 Å². The van der Waals surface area contributed by atoms with Gasteiger partial charge in [0, 0.05) is 16.6 Å².